The first-order chi connectivity index (χ1) is 8.08. The second-order valence-corrected chi connectivity index (χ2v) is 6.12. The number of hydrogen-bond acceptors (Lipinski definition) is 4. The van der Waals surface area contributed by atoms with Crippen LogP contribution in [0, 0.1) is 11.8 Å². The van der Waals surface area contributed by atoms with Crippen LogP contribution < -0.4 is 5.73 Å². The molecule has 0 saturated heterocycles. The molecule has 0 aromatic carbocycles. The molecule has 0 amide bonds. The van der Waals surface area contributed by atoms with Gasteiger partial charge in [-0.1, -0.05) is 19.0 Å². The van der Waals surface area contributed by atoms with Gasteiger partial charge in [0.25, 0.3) is 0 Å². The maximum Gasteiger partial charge on any atom is 0.246 e. The highest BCUT2D eigenvalue weighted by atomic mass is 16.5. The third kappa shape index (κ3) is 1.99. The van der Waals surface area contributed by atoms with Crippen LogP contribution in [0.1, 0.15) is 63.6 Å². The molecule has 1 heterocycles. The Bertz CT molecular complexity index is 407. The van der Waals surface area contributed by atoms with E-state index in [0.717, 1.165) is 37.4 Å². The van der Waals surface area contributed by atoms with Crippen molar-refractivity contribution in [2.45, 2.75) is 57.4 Å². The predicted octanol–water partition coefficient (Wildman–Crippen LogP) is 2.56. The van der Waals surface area contributed by atoms with Gasteiger partial charge in [0.15, 0.2) is 5.82 Å². The fourth-order valence-corrected chi connectivity index (χ4v) is 2.76. The quantitative estimate of drug-likeness (QED) is 0.855. The molecule has 2 N–H and O–H groups in total. The van der Waals surface area contributed by atoms with E-state index >= 15 is 0 Å². The minimum absolute atomic E-state index is 0.365. The lowest BCUT2D eigenvalue weighted by molar-refractivity contribution is 0.190. The highest BCUT2D eigenvalue weighted by Gasteiger charge is 2.41. The lowest BCUT2D eigenvalue weighted by Gasteiger charge is -2.32. The van der Waals surface area contributed by atoms with Crippen molar-refractivity contribution in [2.24, 2.45) is 17.6 Å². The first-order valence-electron chi connectivity index (χ1n) is 6.71. The molecule has 4 heteroatoms. The van der Waals surface area contributed by atoms with E-state index in [1.807, 2.05) is 0 Å². The van der Waals surface area contributed by atoms with Gasteiger partial charge in [-0.05, 0) is 43.9 Å². The molecule has 2 fully saturated rings. The van der Waals surface area contributed by atoms with E-state index in [1.54, 1.807) is 0 Å². The van der Waals surface area contributed by atoms with Crippen LogP contribution in [0.3, 0.4) is 0 Å². The van der Waals surface area contributed by atoms with Crippen LogP contribution in [0.25, 0.3) is 0 Å². The van der Waals surface area contributed by atoms with Gasteiger partial charge in [0, 0.05) is 5.92 Å². The molecule has 3 rings (SSSR count). The summed E-state index contributed by atoms with van der Waals surface area (Å²) in [5.41, 5.74) is 6.05. The zero-order valence-electron chi connectivity index (χ0n) is 10.6. The molecule has 0 radical (unpaired) electrons. The van der Waals surface area contributed by atoms with Gasteiger partial charge in [-0.15, -0.1) is 0 Å². The zero-order valence-corrected chi connectivity index (χ0v) is 10.6. The van der Waals surface area contributed by atoms with E-state index in [9.17, 15) is 0 Å². The third-order valence-corrected chi connectivity index (χ3v) is 4.48. The normalized spacial score (nSPS) is 41.5. The predicted molar refractivity (Wildman–Crippen MR) is 64.3 cm³/mol. The van der Waals surface area contributed by atoms with Crippen LogP contribution in [0.5, 0.6) is 0 Å². The van der Waals surface area contributed by atoms with Crippen molar-refractivity contribution in [2.75, 3.05) is 0 Å². The van der Waals surface area contributed by atoms with Gasteiger partial charge in [-0.3, -0.25) is 0 Å². The molecule has 4 nitrogen and oxygen atoms in total. The van der Waals surface area contributed by atoms with Crippen LogP contribution in [0.2, 0.25) is 0 Å². The molecular weight excluding hydrogens is 214 g/mol. The Hall–Kier alpha value is -0.900. The van der Waals surface area contributed by atoms with Crippen molar-refractivity contribution in [1.29, 1.82) is 0 Å². The van der Waals surface area contributed by atoms with E-state index < -0.39 is 0 Å². The lowest BCUT2D eigenvalue weighted by Crippen LogP contribution is -2.40. The van der Waals surface area contributed by atoms with Crippen molar-refractivity contribution in [1.82, 2.24) is 10.1 Å². The highest BCUT2D eigenvalue weighted by molar-refractivity contribution is 5.11. The van der Waals surface area contributed by atoms with Crippen molar-refractivity contribution in [3.05, 3.63) is 11.7 Å². The molecule has 2 aliphatic carbocycles. The number of rotatable bonds is 2. The Labute approximate surface area is 102 Å². The molecule has 1 aromatic heterocycles. The zero-order chi connectivity index (χ0) is 12.0. The second-order valence-electron chi connectivity index (χ2n) is 6.12. The number of nitrogens with two attached hydrogens (primary N) is 1. The van der Waals surface area contributed by atoms with Crippen molar-refractivity contribution in [3.63, 3.8) is 0 Å². The molecule has 0 spiro atoms. The topological polar surface area (TPSA) is 64.9 Å². The van der Waals surface area contributed by atoms with Gasteiger partial charge < -0.3 is 10.3 Å². The molecule has 2 atom stereocenters. The fraction of sp³-hybridized carbons (Fsp3) is 0.846. The van der Waals surface area contributed by atoms with Gasteiger partial charge in [-0.25, -0.2) is 0 Å². The van der Waals surface area contributed by atoms with Gasteiger partial charge in [-0.2, -0.15) is 4.98 Å². The molecule has 17 heavy (non-hydrogen) atoms. The molecule has 2 saturated carbocycles. The van der Waals surface area contributed by atoms with Crippen LogP contribution >= 0.6 is 0 Å². The summed E-state index contributed by atoms with van der Waals surface area (Å²) in [5.74, 6) is 3.53. The summed E-state index contributed by atoms with van der Waals surface area (Å²) in [5, 5.41) is 4.10. The molecule has 2 aliphatic rings. The van der Waals surface area contributed by atoms with Crippen LogP contribution in [-0.2, 0) is 5.54 Å². The summed E-state index contributed by atoms with van der Waals surface area (Å²) >= 11 is 0. The van der Waals surface area contributed by atoms with E-state index in [4.69, 9.17) is 10.3 Å². The standard InChI is InChI=1S/C13H21N3O/c1-8-3-5-13(14,6-4-8)12-15-11(16-17-12)10-7-9(10)2/h8-10H,3-7,14H2,1-2H3. The Kier molecular flexibility index (Phi) is 2.51. The molecule has 0 aliphatic heterocycles. The summed E-state index contributed by atoms with van der Waals surface area (Å²) in [6.45, 7) is 4.51. The number of nitrogens with zero attached hydrogens (tertiary/aromatic N) is 2. The third-order valence-electron chi connectivity index (χ3n) is 4.48. The van der Waals surface area contributed by atoms with Gasteiger partial charge in [0.1, 0.15) is 0 Å². The van der Waals surface area contributed by atoms with E-state index in [-0.39, 0.29) is 5.54 Å². The molecule has 1 aromatic rings. The minimum Gasteiger partial charge on any atom is -0.337 e. The van der Waals surface area contributed by atoms with Gasteiger partial charge in [0.2, 0.25) is 5.89 Å². The molecule has 2 unspecified atom stereocenters. The van der Waals surface area contributed by atoms with Crippen LogP contribution in [0.15, 0.2) is 4.52 Å². The maximum atomic E-state index is 6.41. The number of hydrogen-bond donors (Lipinski definition) is 1. The largest absolute Gasteiger partial charge is 0.337 e. The Morgan fingerprint density at radius 2 is 1.94 bits per heavy atom. The summed E-state index contributed by atoms with van der Waals surface area (Å²) in [6, 6.07) is 0. The van der Waals surface area contributed by atoms with Gasteiger partial charge in [0.05, 0.1) is 5.54 Å². The fourth-order valence-electron chi connectivity index (χ4n) is 2.76. The van der Waals surface area contributed by atoms with E-state index in [1.165, 1.54) is 6.42 Å². The van der Waals surface area contributed by atoms with Gasteiger partial charge >= 0.3 is 0 Å². The second kappa shape index (κ2) is 3.80. The molecule has 0 bridgehead atoms. The Morgan fingerprint density at radius 3 is 2.53 bits per heavy atom. The average molecular weight is 235 g/mol. The van der Waals surface area contributed by atoms with E-state index in [0.29, 0.717) is 17.7 Å². The van der Waals surface area contributed by atoms with Crippen LogP contribution in [-0.4, -0.2) is 10.1 Å². The van der Waals surface area contributed by atoms with Crippen molar-refractivity contribution in [3.8, 4) is 0 Å². The summed E-state index contributed by atoms with van der Waals surface area (Å²) in [6.07, 6.45) is 5.45. The Balaban J connectivity index is 1.77. The first-order valence-corrected chi connectivity index (χ1v) is 6.71. The first kappa shape index (κ1) is 11.2. The Morgan fingerprint density at radius 1 is 1.29 bits per heavy atom. The van der Waals surface area contributed by atoms with Crippen LogP contribution in [0.4, 0.5) is 0 Å². The molecular formula is C13H21N3O. The average Bonchev–Trinajstić information content (AvgIpc) is 2.85. The molecule has 94 valence electrons. The lowest BCUT2D eigenvalue weighted by atomic mass is 9.78. The highest BCUT2D eigenvalue weighted by Crippen LogP contribution is 2.46. The summed E-state index contributed by atoms with van der Waals surface area (Å²) in [4.78, 5) is 4.54. The SMILES string of the molecule is CC1CCC(N)(c2nc(C3CC3C)no2)CC1. The maximum absolute atomic E-state index is 6.41. The smallest absolute Gasteiger partial charge is 0.246 e. The van der Waals surface area contributed by atoms with E-state index in [2.05, 4.69) is 24.0 Å². The monoisotopic (exact) mass is 235 g/mol. The number of aromatic nitrogens is 2. The van der Waals surface area contributed by atoms with Crippen molar-refractivity contribution < 1.29 is 4.52 Å². The van der Waals surface area contributed by atoms with Crippen molar-refractivity contribution >= 4 is 0 Å². The summed E-state index contributed by atoms with van der Waals surface area (Å²) in [7, 11) is 0. The summed E-state index contributed by atoms with van der Waals surface area (Å²) < 4.78 is 5.41. The minimum atomic E-state index is -0.365.